The Hall–Kier alpha value is -3.26. The number of pyridine rings is 1. The van der Waals surface area contributed by atoms with Gasteiger partial charge in [-0.25, -0.2) is 4.39 Å². The summed E-state index contributed by atoms with van der Waals surface area (Å²) in [6.45, 7) is 10.4. The van der Waals surface area contributed by atoms with Crippen molar-refractivity contribution in [3.8, 4) is 5.69 Å². The highest BCUT2D eigenvalue weighted by Gasteiger charge is 2.37. The zero-order chi connectivity index (χ0) is 29.4. The normalized spacial score (nSPS) is 20.7. The maximum Gasteiger partial charge on any atom is 0.308 e. The van der Waals surface area contributed by atoms with E-state index in [2.05, 4.69) is 29.9 Å². The molecule has 41 heavy (non-hydrogen) atoms. The summed E-state index contributed by atoms with van der Waals surface area (Å²) in [5, 5.41) is 1.16. The van der Waals surface area contributed by atoms with Crippen LogP contribution in [0.15, 0.2) is 36.8 Å². The second kappa shape index (κ2) is 11.9. The summed E-state index contributed by atoms with van der Waals surface area (Å²) in [4.78, 5) is 34.0. The van der Waals surface area contributed by atoms with Crippen molar-refractivity contribution in [3.05, 3.63) is 59.3 Å². The van der Waals surface area contributed by atoms with Gasteiger partial charge in [0.15, 0.2) is 0 Å². The SMILES string of the molecule is COC(=O)[C@H]1CC[C@H]([C@H](C)N2CC(Cc3cn(-c4ccc(F)cc4C(=O)N(C)C(C)C)c4cncc(C)c34)C2)CC1. The molecule has 0 bridgehead atoms. The summed E-state index contributed by atoms with van der Waals surface area (Å²) >= 11 is 0. The van der Waals surface area contributed by atoms with Crippen LogP contribution in [0.4, 0.5) is 4.39 Å². The van der Waals surface area contributed by atoms with Crippen molar-refractivity contribution in [2.24, 2.45) is 17.8 Å². The Kier molecular flexibility index (Phi) is 8.50. The molecule has 2 aromatic heterocycles. The van der Waals surface area contributed by atoms with Gasteiger partial charge in [-0.2, -0.15) is 0 Å². The molecule has 1 aromatic carbocycles. The molecule has 2 fully saturated rings. The van der Waals surface area contributed by atoms with E-state index in [0.717, 1.165) is 61.7 Å². The first-order valence-electron chi connectivity index (χ1n) is 14.9. The first-order valence-corrected chi connectivity index (χ1v) is 14.9. The van der Waals surface area contributed by atoms with E-state index in [1.165, 1.54) is 24.8 Å². The Morgan fingerprint density at radius 2 is 1.83 bits per heavy atom. The fourth-order valence-electron chi connectivity index (χ4n) is 6.79. The number of hydrogen-bond donors (Lipinski definition) is 0. The lowest BCUT2D eigenvalue weighted by Gasteiger charge is -2.47. The monoisotopic (exact) mass is 562 g/mol. The Balaban J connectivity index is 1.34. The van der Waals surface area contributed by atoms with Gasteiger partial charge in [0.2, 0.25) is 0 Å². The van der Waals surface area contributed by atoms with Gasteiger partial charge in [0.1, 0.15) is 5.82 Å². The number of methoxy groups -OCH3 is 1. The average Bonchev–Trinajstić information content (AvgIpc) is 3.32. The summed E-state index contributed by atoms with van der Waals surface area (Å²) in [7, 11) is 3.23. The average molecular weight is 563 g/mol. The number of fused-ring (bicyclic) bond motifs is 1. The molecule has 1 aliphatic carbocycles. The van der Waals surface area contributed by atoms with Gasteiger partial charge in [-0.3, -0.25) is 19.5 Å². The Morgan fingerprint density at radius 1 is 1.12 bits per heavy atom. The van der Waals surface area contributed by atoms with Gasteiger partial charge in [-0.05, 0) is 101 Å². The molecule has 8 heteroatoms. The molecule has 0 radical (unpaired) electrons. The van der Waals surface area contributed by atoms with Gasteiger partial charge in [-0.15, -0.1) is 0 Å². The highest BCUT2D eigenvalue weighted by Crippen LogP contribution is 2.37. The third kappa shape index (κ3) is 5.76. The van der Waals surface area contributed by atoms with Gasteiger partial charge < -0.3 is 14.2 Å². The van der Waals surface area contributed by atoms with Crippen LogP contribution in [0, 0.1) is 30.5 Å². The predicted molar refractivity (Wildman–Crippen MR) is 159 cm³/mol. The number of rotatable bonds is 8. The van der Waals surface area contributed by atoms with E-state index < -0.39 is 5.82 Å². The molecule has 1 aliphatic heterocycles. The van der Waals surface area contributed by atoms with E-state index in [1.54, 1.807) is 18.0 Å². The number of esters is 1. The number of aryl methyl sites for hydroxylation is 1. The molecule has 0 unspecified atom stereocenters. The number of aromatic nitrogens is 2. The molecule has 5 rings (SSSR count). The number of amides is 1. The molecule has 7 nitrogen and oxygen atoms in total. The zero-order valence-electron chi connectivity index (χ0n) is 25.2. The highest BCUT2D eigenvalue weighted by molar-refractivity contribution is 5.99. The Labute approximate surface area is 242 Å². The minimum atomic E-state index is -0.428. The highest BCUT2D eigenvalue weighted by atomic mass is 19.1. The van der Waals surface area contributed by atoms with Crippen molar-refractivity contribution >= 4 is 22.8 Å². The van der Waals surface area contributed by atoms with Crippen LogP contribution in [0.2, 0.25) is 0 Å². The molecular weight excluding hydrogens is 519 g/mol. The van der Waals surface area contributed by atoms with Gasteiger partial charge in [0.25, 0.3) is 5.91 Å². The third-order valence-electron chi connectivity index (χ3n) is 9.58. The lowest BCUT2D eigenvalue weighted by atomic mass is 9.77. The summed E-state index contributed by atoms with van der Waals surface area (Å²) in [5.41, 5.74) is 4.27. The lowest BCUT2D eigenvalue weighted by molar-refractivity contribution is -0.147. The molecule has 3 heterocycles. The summed E-state index contributed by atoms with van der Waals surface area (Å²) < 4.78 is 21.4. The molecule has 1 saturated carbocycles. The van der Waals surface area contributed by atoms with Crippen molar-refractivity contribution in [2.75, 3.05) is 27.2 Å². The molecule has 0 spiro atoms. The van der Waals surface area contributed by atoms with E-state index >= 15 is 0 Å². The number of carbonyl (C=O) groups excluding carboxylic acids is 2. The fourth-order valence-corrected chi connectivity index (χ4v) is 6.79. The van der Waals surface area contributed by atoms with Crippen LogP contribution in [0.1, 0.15) is 67.9 Å². The second-order valence-corrected chi connectivity index (χ2v) is 12.4. The van der Waals surface area contributed by atoms with Crippen molar-refractivity contribution in [1.29, 1.82) is 0 Å². The van der Waals surface area contributed by atoms with Crippen LogP contribution in [-0.2, 0) is 16.0 Å². The topological polar surface area (TPSA) is 67.7 Å². The molecule has 1 atom stereocenters. The quantitative estimate of drug-likeness (QED) is 0.325. The number of hydrogen-bond acceptors (Lipinski definition) is 5. The summed E-state index contributed by atoms with van der Waals surface area (Å²) in [6.07, 6.45) is 10.8. The number of carbonyl (C=O) groups is 2. The Bertz CT molecular complexity index is 1420. The fraction of sp³-hybridized carbons (Fsp3) is 0.545. The number of halogens is 1. The number of nitrogens with zero attached hydrogens (tertiary/aromatic N) is 4. The smallest absolute Gasteiger partial charge is 0.308 e. The van der Waals surface area contributed by atoms with Crippen LogP contribution in [0.25, 0.3) is 16.6 Å². The van der Waals surface area contributed by atoms with Crippen molar-refractivity contribution < 1.29 is 18.7 Å². The van der Waals surface area contributed by atoms with Gasteiger partial charge in [0, 0.05) is 50.0 Å². The first-order chi connectivity index (χ1) is 19.6. The summed E-state index contributed by atoms with van der Waals surface area (Å²) in [5.74, 6) is 0.520. The van der Waals surface area contributed by atoms with Crippen LogP contribution < -0.4 is 0 Å². The molecule has 0 N–H and O–H groups in total. The van der Waals surface area contributed by atoms with E-state index in [4.69, 9.17) is 4.74 Å². The maximum absolute atomic E-state index is 14.4. The van der Waals surface area contributed by atoms with Crippen molar-refractivity contribution in [1.82, 2.24) is 19.4 Å². The summed E-state index contributed by atoms with van der Waals surface area (Å²) in [6, 6.07) is 4.95. The predicted octanol–water partition coefficient (Wildman–Crippen LogP) is 5.80. The van der Waals surface area contributed by atoms with Crippen LogP contribution >= 0.6 is 0 Å². The molecular formula is C33H43FN4O3. The zero-order valence-corrected chi connectivity index (χ0v) is 25.2. The van der Waals surface area contributed by atoms with E-state index in [1.807, 2.05) is 30.8 Å². The van der Waals surface area contributed by atoms with Gasteiger partial charge in [-0.1, -0.05) is 0 Å². The molecule has 3 aromatic rings. The molecule has 1 saturated heterocycles. The lowest BCUT2D eigenvalue weighted by Crippen LogP contribution is -2.54. The molecule has 2 aliphatic rings. The number of likely N-dealkylation sites (tertiary alicyclic amines) is 1. The van der Waals surface area contributed by atoms with E-state index in [9.17, 15) is 14.0 Å². The van der Waals surface area contributed by atoms with Crippen molar-refractivity contribution in [3.63, 3.8) is 0 Å². The van der Waals surface area contributed by atoms with Gasteiger partial charge >= 0.3 is 5.97 Å². The van der Waals surface area contributed by atoms with Crippen LogP contribution in [-0.4, -0.2) is 70.6 Å². The number of ether oxygens (including phenoxy) is 1. The van der Waals surface area contributed by atoms with Crippen LogP contribution in [0.5, 0.6) is 0 Å². The molecule has 1 amide bonds. The maximum atomic E-state index is 14.4. The molecule has 220 valence electrons. The van der Waals surface area contributed by atoms with Crippen LogP contribution in [0.3, 0.4) is 0 Å². The minimum Gasteiger partial charge on any atom is -0.469 e. The largest absolute Gasteiger partial charge is 0.469 e. The van der Waals surface area contributed by atoms with E-state index in [-0.39, 0.29) is 23.8 Å². The second-order valence-electron chi connectivity index (χ2n) is 12.4. The van der Waals surface area contributed by atoms with Crippen molar-refractivity contribution in [2.45, 2.75) is 71.9 Å². The Morgan fingerprint density at radius 3 is 2.49 bits per heavy atom. The standard InChI is InChI=1S/C33H43FN4O3/c1-20(2)36(5)32(39)28-14-27(34)11-12-29(28)38-19-26(31-21(3)15-35-16-30(31)38)13-23-17-37(18-23)22(4)24-7-9-25(10-8-24)33(40)41-6/h11-12,14-16,19-20,22-25H,7-10,13,17-18H2,1-6H3/t22-,24-,25-/m0/s1. The van der Waals surface area contributed by atoms with E-state index in [0.29, 0.717) is 29.1 Å². The minimum absolute atomic E-state index is 0.00802. The first kappa shape index (κ1) is 29.2. The van der Waals surface area contributed by atoms with Gasteiger partial charge in [0.05, 0.1) is 36.0 Å². The number of benzene rings is 1. The third-order valence-corrected chi connectivity index (χ3v) is 9.58.